The lowest BCUT2D eigenvalue weighted by atomic mass is 10.1. The SMILES string of the molecule is Cc1noc([C@H](C)NC(=O)CCc2ccccc2Cl)n1. The van der Waals surface area contributed by atoms with Crippen LogP contribution in [0.2, 0.25) is 5.02 Å². The third-order valence-electron chi connectivity index (χ3n) is 2.87. The van der Waals surface area contributed by atoms with E-state index in [9.17, 15) is 4.79 Å². The number of rotatable bonds is 5. The van der Waals surface area contributed by atoms with Crippen LogP contribution in [0.5, 0.6) is 0 Å². The van der Waals surface area contributed by atoms with E-state index < -0.39 is 0 Å². The highest BCUT2D eigenvalue weighted by Gasteiger charge is 2.15. The molecule has 0 aliphatic heterocycles. The monoisotopic (exact) mass is 293 g/mol. The molecule has 0 radical (unpaired) electrons. The maximum absolute atomic E-state index is 11.9. The van der Waals surface area contributed by atoms with Crippen LogP contribution in [0.15, 0.2) is 28.8 Å². The minimum atomic E-state index is -0.296. The highest BCUT2D eigenvalue weighted by molar-refractivity contribution is 6.31. The number of carbonyl (C=O) groups is 1. The van der Waals surface area contributed by atoms with Crippen LogP contribution in [0.25, 0.3) is 0 Å². The molecule has 1 heterocycles. The van der Waals surface area contributed by atoms with Gasteiger partial charge in [-0.25, -0.2) is 0 Å². The van der Waals surface area contributed by atoms with Crippen molar-refractivity contribution in [3.05, 3.63) is 46.6 Å². The molecule has 1 aromatic carbocycles. The summed E-state index contributed by atoms with van der Waals surface area (Å²) in [5.41, 5.74) is 0.964. The highest BCUT2D eigenvalue weighted by Crippen LogP contribution is 2.17. The lowest BCUT2D eigenvalue weighted by molar-refractivity contribution is -0.121. The number of hydrogen-bond acceptors (Lipinski definition) is 4. The Morgan fingerprint density at radius 3 is 2.85 bits per heavy atom. The Morgan fingerprint density at radius 1 is 1.45 bits per heavy atom. The summed E-state index contributed by atoms with van der Waals surface area (Å²) in [4.78, 5) is 16.0. The molecular weight excluding hydrogens is 278 g/mol. The molecule has 1 atom stereocenters. The summed E-state index contributed by atoms with van der Waals surface area (Å²) >= 11 is 6.05. The Morgan fingerprint density at radius 2 is 2.20 bits per heavy atom. The predicted octanol–water partition coefficient (Wildman–Crippen LogP) is 2.84. The summed E-state index contributed by atoms with van der Waals surface area (Å²) in [6.07, 6.45) is 0.961. The fraction of sp³-hybridized carbons (Fsp3) is 0.357. The molecule has 0 saturated heterocycles. The summed E-state index contributed by atoms with van der Waals surface area (Å²) in [7, 11) is 0. The van der Waals surface area contributed by atoms with Gasteiger partial charge in [-0.1, -0.05) is 35.0 Å². The van der Waals surface area contributed by atoms with Crippen molar-refractivity contribution in [1.82, 2.24) is 15.5 Å². The molecule has 20 heavy (non-hydrogen) atoms. The van der Waals surface area contributed by atoms with Crippen molar-refractivity contribution in [2.75, 3.05) is 0 Å². The molecule has 6 heteroatoms. The van der Waals surface area contributed by atoms with Crippen molar-refractivity contribution in [2.24, 2.45) is 0 Å². The number of halogens is 1. The Hall–Kier alpha value is -1.88. The van der Waals surface area contributed by atoms with Gasteiger partial charge in [0, 0.05) is 11.4 Å². The molecule has 0 saturated carbocycles. The lowest BCUT2D eigenvalue weighted by Crippen LogP contribution is -2.27. The molecule has 0 aliphatic carbocycles. The van der Waals surface area contributed by atoms with Crippen LogP contribution in [0.4, 0.5) is 0 Å². The molecule has 5 nitrogen and oxygen atoms in total. The van der Waals surface area contributed by atoms with Gasteiger partial charge in [0.25, 0.3) is 0 Å². The molecule has 1 amide bonds. The van der Waals surface area contributed by atoms with Crippen molar-refractivity contribution in [2.45, 2.75) is 32.7 Å². The van der Waals surface area contributed by atoms with Crippen LogP contribution in [0, 0.1) is 6.92 Å². The number of benzene rings is 1. The van der Waals surface area contributed by atoms with E-state index in [1.54, 1.807) is 13.8 Å². The first-order chi connectivity index (χ1) is 9.56. The van der Waals surface area contributed by atoms with E-state index in [1.807, 2.05) is 24.3 Å². The topological polar surface area (TPSA) is 68.0 Å². The summed E-state index contributed by atoms with van der Waals surface area (Å²) in [5.74, 6) is 0.888. The second-order valence-electron chi connectivity index (χ2n) is 4.56. The van der Waals surface area contributed by atoms with Gasteiger partial charge in [0.2, 0.25) is 11.8 Å². The van der Waals surface area contributed by atoms with Crippen LogP contribution in [0.1, 0.15) is 36.7 Å². The first-order valence-corrected chi connectivity index (χ1v) is 6.77. The summed E-state index contributed by atoms with van der Waals surface area (Å²) in [6, 6.07) is 7.21. The van der Waals surface area contributed by atoms with Crippen molar-refractivity contribution < 1.29 is 9.32 Å². The largest absolute Gasteiger partial charge is 0.345 e. The van der Waals surface area contributed by atoms with Crippen molar-refractivity contribution in [3.8, 4) is 0 Å². The van der Waals surface area contributed by atoms with Crippen LogP contribution >= 0.6 is 11.6 Å². The van der Waals surface area contributed by atoms with E-state index in [0.717, 1.165) is 5.56 Å². The average molecular weight is 294 g/mol. The summed E-state index contributed by atoms with van der Waals surface area (Å²) in [6.45, 7) is 3.54. The zero-order valence-electron chi connectivity index (χ0n) is 11.4. The molecule has 2 aromatic rings. The zero-order valence-corrected chi connectivity index (χ0v) is 12.1. The molecule has 1 N–H and O–H groups in total. The molecule has 0 spiro atoms. The third-order valence-corrected chi connectivity index (χ3v) is 3.24. The predicted molar refractivity (Wildman–Crippen MR) is 75.4 cm³/mol. The van der Waals surface area contributed by atoms with Crippen LogP contribution in [-0.4, -0.2) is 16.0 Å². The highest BCUT2D eigenvalue weighted by atomic mass is 35.5. The van der Waals surface area contributed by atoms with Crippen LogP contribution < -0.4 is 5.32 Å². The quantitative estimate of drug-likeness (QED) is 0.920. The second kappa shape index (κ2) is 6.52. The maximum Gasteiger partial charge on any atom is 0.248 e. The van der Waals surface area contributed by atoms with E-state index in [1.165, 1.54) is 0 Å². The van der Waals surface area contributed by atoms with Crippen LogP contribution in [0.3, 0.4) is 0 Å². The van der Waals surface area contributed by atoms with Gasteiger partial charge in [-0.3, -0.25) is 4.79 Å². The molecule has 0 aliphatic rings. The molecule has 0 fully saturated rings. The molecule has 0 bridgehead atoms. The third kappa shape index (κ3) is 3.81. The van der Waals surface area contributed by atoms with Gasteiger partial charge < -0.3 is 9.84 Å². The average Bonchev–Trinajstić information content (AvgIpc) is 2.84. The first-order valence-electron chi connectivity index (χ1n) is 6.39. The normalized spacial score (nSPS) is 12.2. The Bertz CT molecular complexity index is 598. The van der Waals surface area contributed by atoms with Crippen molar-refractivity contribution >= 4 is 17.5 Å². The smallest absolute Gasteiger partial charge is 0.248 e. The fourth-order valence-electron chi connectivity index (χ4n) is 1.81. The minimum absolute atomic E-state index is 0.0757. The molecule has 0 unspecified atom stereocenters. The first kappa shape index (κ1) is 14.5. The van der Waals surface area contributed by atoms with E-state index >= 15 is 0 Å². The van der Waals surface area contributed by atoms with E-state index in [0.29, 0.717) is 29.6 Å². The minimum Gasteiger partial charge on any atom is -0.345 e. The zero-order chi connectivity index (χ0) is 14.5. The van der Waals surface area contributed by atoms with Gasteiger partial charge in [-0.05, 0) is 31.9 Å². The van der Waals surface area contributed by atoms with E-state index in [2.05, 4.69) is 15.5 Å². The fourth-order valence-corrected chi connectivity index (χ4v) is 2.04. The number of nitrogens with zero attached hydrogens (tertiary/aromatic N) is 2. The lowest BCUT2D eigenvalue weighted by Gasteiger charge is -2.10. The van der Waals surface area contributed by atoms with Crippen molar-refractivity contribution in [1.29, 1.82) is 0 Å². The van der Waals surface area contributed by atoms with Gasteiger partial charge >= 0.3 is 0 Å². The van der Waals surface area contributed by atoms with Gasteiger partial charge in [0.15, 0.2) is 5.82 Å². The Kier molecular flexibility index (Phi) is 4.74. The Labute approximate surface area is 122 Å². The van der Waals surface area contributed by atoms with E-state index in [-0.39, 0.29) is 11.9 Å². The standard InChI is InChI=1S/C14H16ClN3O2/c1-9(14-17-10(2)18-20-14)16-13(19)8-7-11-5-3-4-6-12(11)15/h3-6,9H,7-8H2,1-2H3,(H,16,19)/t9-/m0/s1. The number of aryl methyl sites for hydroxylation is 2. The van der Waals surface area contributed by atoms with Crippen molar-refractivity contribution in [3.63, 3.8) is 0 Å². The van der Waals surface area contributed by atoms with Crippen LogP contribution in [-0.2, 0) is 11.2 Å². The Balaban J connectivity index is 1.85. The number of carbonyl (C=O) groups excluding carboxylic acids is 1. The molecule has 106 valence electrons. The molecule has 2 rings (SSSR count). The van der Waals surface area contributed by atoms with E-state index in [4.69, 9.17) is 16.1 Å². The van der Waals surface area contributed by atoms with Gasteiger partial charge in [-0.15, -0.1) is 0 Å². The number of nitrogens with one attached hydrogen (secondary N) is 1. The van der Waals surface area contributed by atoms with Gasteiger partial charge in [0.1, 0.15) is 6.04 Å². The van der Waals surface area contributed by atoms with Gasteiger partial charge in [0.05, 0.1) is 0 Å². The maximum atomic E-state index is 11.9. The number of hydrogen-bond donors (Lipinski definition) is 1. The summed E-state index contributed by atoms with van der Waals surface area (Å²) < 4.78 is 5.01. The molecule has 1 aromatic heterocycles. The number of aromatic nitrogens is 2. The molecular formula is C14H16ClN3O2. The summed E-state index contributed by atoms with van der Waals surface area (Å²) in [5, 5.41) is 7.20. The van der Waals surface area contributed by atoms with Gasteiger partial charge in [-0.2, -0.15) is 4.98 Å². The second-order valence-corrected chi connectivity index (χ2v) is 4.97. The number of amides is 1.